The van der Waals surface area contributed by atoms with Crippen LogP contribution in [-0.4, -0.2) is 131 Å². The van der Waals surface area contributed by atoms with Crippen LogP contribution in [-0.2, 0) is 23.9 Å². The first-order valence-corrected chi connectivity index (χ1v) is 23.1. The standard InChI is InChI=1S/C45H61N7O9S/c1-7-28-22-45(28,41(55)56)50-39(53)36-20-31(23-52(36)40(54)38(44(4,5)6)49-43(57)61-30-17-26-16-27(26)18-30)60-37-21-34(35-24-62-42(48-35)46-25(2)3)47-33-19-29(8-9-32(33)37)59-15-12-51-10-13-58-14-11-51/h8-9,19,21,24-28,30-31,36,38H,7,10-18,20,22-23H2,1-6H3,(H,46,48)(H,49,57)(H,50,53)(H,55,56)/t26-,27?,28+,30?,31+,36-,38+,45+/m0/s1. The molecule has 62 heavy (non-hydrogen) atoms. The molecule has 5 fully saturated rings. The molecule has 16 nitrogen and oxygen atoms in total. The minimum absolute atomic E-state index is 0.00450. The molecule has 0 radical (unpaired) electrons. The minimum Gasteiger partial charge on any atom is -0.492 e. The summed E-state index contributed by atoms with van der Waals surface area (Å²) in [6.07, 6.45) is 2.27. The quantitative estimate of drug-likeness (QED) is 0.140. The number of morpholine rings is 1. The SMILES string of the molecule is CC[C@@H]1C[C@]1(NC(=O)[C@@H]1C[C@@H](Oc2cc(-c3csc(NC(C)C)n3)nc3cc(OCCN4CCOCC4)ccc23)CN1C(=O)[C@@H](NC(=O)OC1CC2C[C@H]2C1)C(C)(C)C)C(=O)O. The predicted molar refractivity (Wildman–Crippen MR) is 233 cm³/mol. The van der Waals surface area contributed by atoms with Crippen molar-refractivity contribution in [1.29, 1.82) is 0 Å². The van der Waals surface area contributed by atoms with E-state index in [1.807, 2.05) is 71.2 Å². The molecule has 0 spiro atoms. The van der Waals surface area contributed by atoms with Crippen LogP contribution in [0.4, 0.5) is 9.93 Å². The number of aromatic nitrogens is 2. The monoisotopic (exact) mass is 875 g/mol. The van der Waals surface area contributed by atoms with Crippen molar-refractivity contribution >= 4 is 51.2 Å². The van der Waals surface area contributed by atoms with Crippen LogP contribution >= 0.6 is 11.3 Å². The van der Waals surface area contributed by atoms with Crippen LogP contribution in [0.15, 0.2) is 29.6 Å². The molecule has 3 amide bonds. The van der Waals surface area contributed by atoms with Crippen LogP contribution in [0.2, 0.25) is 0 Å². The van der Waals surface area contributed by atoms with Crippen LogP contribution in [0.3, 0.4) is 0 Å². The van der Waals surface area contributed by atoms with E-state index in [9.17, 15) is 24.3 Å². The Morgan fingerprint density at radius 2 is 1.77 bits per heavy atom. The molecular formula is C45H61N7O9S. The molecule has 3 aromatic rings. The van der Waals surface area contributed by atoms with Gasteiger partial charge in [0.2, 0.25) is 11.8 Å². The van der Waals surface area contributed by atoms with Crippen molar-refractivity contribution in [2.45, 2.75) is 116 Å². The number of amides is 3. The van der Waals surface area contributed by atoms with E-state index < -0.39 is 53.0 Å². The number of ether oxygens (including phenoxy) is 4. The number of alkyl carbamates (subject to hydrolysis) is 1. The van der Waals surface area contributed by atoms with Gasteiger partial charge in [-0.15, -0.1) is 11.3 Å². The van der Waals surface area contributed by atoms with Crippen molar-refractivity contribution in [2.24, 2.45) is 23.2 Å². The van der Waals surface area contributed by atoms with Gasteiger partial charge in [-0.05, 0) is 74.8 Å². The lowest BCUT2D eigenvalue weighted by Crippen LogP contribution is -2.59. The van der Waals surface area contributed by atoms with Gasteiger partial charge in [-0.1, -0.05) is 34.1 Å². The van der Waals surface area contributed by atoms with E-state index in [1.54, 1.807) is 0 Å². The van der Waals surface area contributed by atoms with E-state index in [0.29, 0.717) is 78.3 Å². The summed E-state index contributed by atoms with van der Waals surface area (Å²) < 4.78 is 24.3. The van der Waals surface area contributed by atoms with E-state index in [0.717, 1.165) is 37.6 Å². The van der Waals surface area contributed by atoms with Crippen molar-refractivity contribution in [2.75, 3.05) is 51.3 Å². The van der Waals surface area contributed by atoms with Gasteiger partial charge in [0.15, 0.2) is 5.13 Å². The van der Waals surface area contributed by atoms with Gasteiger partial charge in [0.25, 0.3) is 0 Å². The predicted octanol–water partition coefficient (Wildman–Crippen LogP) is 5.55. The summed E-state index contributed by atoms with van der Waals surface area (Å²) in [4.78, 5) is 68.5. The molecule has 0 bridgehead atoms. The Balaban J connectivity index is 1.07. The summed E-state index contributed by atoms with van der Waals surface area (Å²) in [7, 11) is 0. The van der Waals surface area contributed by atoms with Gasteiger partial charge < -0.3 is 44.9 Å². The third-order valence-electron chi connectivity index (χ3n) is 13.0. The number of carboxylic acid groups (broad SMARTS) is 1. The lowest BCUT2D eigenvalue weighted by molar-refractivity contribution is -0.146. The molecule has 2 saturated heterocycles. The fourth-order valence-corrected chi connectivity index (χ4v) is 10.2. The number of fused-ring (bicyclic) bond motifs is 2. The zero-order valence-corrected chi connectivity index (χ0v) is 37.4. The van der Waals surface area contributed by atoms with Crippen molar-refractivity contribution in [1.82, 2.24) is 30.4 Å². The summed E-state index contributed by atoms with van der Waals surface area (Å²) >= 11 is 1.47. The lowest BCUT2D eigenvalue weighted by Gasteiger charge is -2.35. The first kappa shape index (κ1) is 43.9. The number of hydrogen-bond acceptors (Lipinski definition) is 13. The number of rotatable bonds is 16. The second-order valence-corrected chi connectivity index (χ2v) is 19.9. The van der Waals surface area contributed by atoms with E-state index in [2.05, 4.69) is 20.9 Å². The molecule has 2 unspecified atom stereocenters. The Kier molecular flexibility index (Phi) is 12.6. The van der Waals surface area contributed by atoms with Gasteiger partial charge in [0.1, 0.15) is 53.6 Å². The van der Waals surface area contributed by atoms with Crippen LogP contribution < -0.4 is 25.4 Å². The zero-order chi connectivity index (χ0) is 43.9. The molecule has 3 saturated carbocycles. The minimum atomic E-state index is -1.40. The molecule has 1 aromatic carbocycles. The molecule has 5 aliphatic rings. The van der Waals surface area contributed by atoms with Crippen molar-refractivity contribution in [3.63, 3.8) is 0 Å². The van der Waals surface area contributed by atoms with Crippen LogP contribution in [0.5, 0.6) is 11.5 Å². The molecule has 2 aliphatic heterocycles. The average Bonchev–Trinajstić information content (AvgIpc) is 3.89. The first-order valence-electron chi connectivity index (χ1n) is 22.2. The number of thiazole rings is 1. The average molecular weight is 876 g/mol. The van der Waals surface area contributed by atoms with Gasteiger partial charge in [0.05, 0.1) is 31.0 Å². The van der Waals surface area contributed by atoms with Gasteiger partial charge in [-0.3, -0.25) is 14.5 Å². The van der Waals surface area contributed by atoms with E-state index in [1.165, 1.54) is 22.7 Å². The van der Waals surface area contributed by atoms with Crippen LogP contribution in [0, 0.1) is 23.2 Å². The fourth-order valence-electron chi connectivity index (χ4n) is 9.34. The topological polar surface area (TPSA) is 194 Å². The highest BCUT2D eigenvalue weighted by Crippen LogP contribution is 2.52. The normalized spacial score (nSPS) is 27.4. The number of aliphatic carboxylic acids is 1. The number of benzene rings is 1. The lowest BCUT2D eigenvalue weighted by atomic mass is 9.85. The van der Waals surface area contributed by atoms with Crippen molar-refractivity contribution in [3.05, 3.63) is 29.6 Å². The Bertz CT molecular complexity index is 2140. The maximum absolute atomic E-state index is 14.8. The molecule has 8 atom stereocenters. The zero-order valence-electron chi connectivity index (χ0n) is 36.6. The number of carbonyl (C=O) groups excluding carboxylic acids is 3. The molecule has 17 heteroatoms. The van der Waals surface area contributed by atoms with Crippen LogP contribution in [0.25, 0.3) is 22.3 Å². The molecule has 4 N–H and O–H groups in total. The van der Waals surface area contributed by atoms with Gasteiger partial charge in [-0.2, -0.15) is 0 Å². The number of anilines is 1. The van der Waals surface area contributed by atoms with Crippen molar-refractivity contribution < 1.29 is 43.2 Å². The smallest absolute Gasteiger partial charge is 0.408 e. The van der Waals surface area contributed by atoms with Gasteiger partial charge in [-0.25, -0.2) is 19.6 Å². The summed E-state index contributed by atoms with van der Waals surface area (Å²) in [5, 5.41) is 22.6. The maximum Gasteiger partial charge on any atom is 0.408 e. The fraction of sp³-hybridized carbons (Fsp3) is 0.644. The van der Waals surface area contributed by atoms with E-state index in [-0.39, 0.29) is 31.0 Å². The third-order valence-corrected chi connectivity index (χ3v) is 13.8. The molecule has 4 heterocycles. The number of hydrogen-bond donors (Lipinski definition) is 4. The highest BCUT2D eigenvalue weighted by atomic mass is 32.1. The van der Waals surface area contributed by atoms with Crippen LogP contribution in [0.1, 0.15) is 80.1 Å². The van der Waals surface area contributed by atoms with Gasteiger partial charge in [0, 0.05) is 55.0 Å². The number of carbonyl (C=O) groups is 4. The number of nitrogens with one attached hydrogen (secondary N) is 3. The number of nitrogens with zero attached hydrogens (tertiary/aromatic N) is 4. The highest BCUT2D eigenvalue weighted by molar-refractivity contribution is 7.14. The second kappa shape index (κ2) is 17.8. The maximum atomic E-state index is 14.8. The number of pyridine rings is 1. The van der Waals surface area contributed by atoms with E-state index in [4.69, 9.17) is 28.9 Å². The second-order valence-electron chi connectivity index (χ2n) is 19.1. The Morgan fingerprint density at radius 3 is 2.45 bits per heavy atom. The molecule has 8 rings (SSSR count). The van der Waals surface area contributed by atoms with Gasteiger partial charge >= 0.3 is 12.1 Å². The summed E-state index contributed by atoms with van der Waals surface area (Å²) in [5.74, 6) is -0.0277. The summed E-state index contributed by atoms with van der Waals surface area (Å²) in [6.45, 7) is 15.9. The summed E-state index contributed by atoms with van der Waals surface area (Å²) in [6, 6.07) is 5.54. The highest BCUT2D eigenvalue weighted by Gasteiger charge is 2.61. The summed E-state index contributed by atoms with van der Waals surface area (Å²) in [5.41, 5.74) is -0.329. The largest absolute Gasteiger partial charge is 0.492 e. The van der Waals surface area contributed by atoms with Crippen molar-refractivity contribution in [3.8, 4) is 22.9 Å². The Morgan fingerprint density at radius 1 is 1.02 bits per heavy atom. The number of likely N-dealkylation sites (tertiary alicyclic amines) is 1. The number of carboxylic acids is 1. The molecular weight excluding hydrogens is 815 g/mol. The molecule has 336 valence electrons. The van der Waals surface area contributed by atoms with E-state index >= 15 is 0 Å². The third kappa shape index (κ3) is 9.74. The Labute approximate surface area is 366 Å². The molecule has 2 aromatic heterocycles. The Hall–Kier alpha value is -4.74. The first-order chi connectivity index (χ1) is 29.6. The molecule has 3 aliphatic carbocycles.